The molecule has 5 heteroatoms. The van der Waals surface area contributed by atoms with Crippen molar-refractivity contribution >= 4 is 11.6 Å². The number of aryl methyl sites for hydroxylation is 1. The lowest BCUT2D eigenvalue weighted by Gasteiger charge is -1.99. The van der Waals surface area contributed by atoms with Gasteiger partial charge in [-0.05, 0) is 6.42 Å². The van der Waals surface area contributed by atoms with Crippen LogP contribution >= 0.6 is 0 Å². The Balaban J connectivity index is 2.48. The highest BCUT2D eigenvalue weighted by molar-refractivity contribution is 5.95. The zero-order valence-electron chi connectivity index (χ0n) is 9.07. The molecule has 0 aliphatic rings. The monoisotopic (exact) mass is 210 g/mol. The van der Waals surface area contributed by atoms with Crippen LogP contribution in [-0.4, -0.2) is 15.7 Å². The molecule has 0 radical (unpaired) electrons. The van der Waals surface area contributed by atoms with Crippen LogP contribution in [0.25, 0.3) is 0 Å². The number of hydrogen-bond donors (Lipinski definition) is 2. The second-order valence-electron chi connectivity index (χ2n) is 3.62. The quantitative estimate of drug-likeness (QED) is 0.690. The summed E-state index contributed by atoms with van der Waals surface area (Å²) in [6.45, 7) is 2.95. The van der Waals surface area contributed by atoms with E-state index < -0.39 is 5.91 Å². The average molecular weight is 210 g/mol. The van der Waals surface area contributed by atoms with Crippen LogP contribution in [0.4, 0.5) is 5.69 Å². The van der Waals surface area contributed by atoms with E-state index in [1.165, 1.54) is 19.3 Å². The van der Waals surface area contributed by atoms with Crippen molar-refractivity contribution in [3.05, 3.63) is 11.9 Å². The predicted molar refractivity (Wildman–Crippen MR) is 59.3 cm³/mol. The van der Waals surface area contributed by atoms with E-state index in [9.17, 15) is 4.79 Å². The minimum atomic E-state index is -0.570. The molecular weight excluding hydrogens is 192 g/mol. The summed E-state index contributed by atoms with van der Waals surface area (Å²) in [5.74, 6) is -0.570. The minimum absolute atomic E-state index is 0.172. The van der Waals surface area contributed by atoms with Crippen LogP contribution in [0.1, 0.15) is 43.1 Å². The van der Waals surface area contributed by atoms with Crippen molar-refractivity contribution in [2.75, 3.05) is 5.73 Å². The van der Waals surface area contributed by atoms with Crippen LogP contribution in [0.2, 0.25) is 0 Å². The number of carbonyl (C=O) groups excluding carboxylic acids is 1. The van der Waals surface area contributed by atoms with E-state index in [4.69, 9.17) is 11.5 Å². The number of rotatable bonds is 6. The van der Waals surface area contributed by atoms with Crippen molar-refractivity contribution in [1.29, 1.82) is 0 Å². The van der Waals surface area contributed by atoms with E-state index in [0.29, 0.717) is 5.69 Å². The molecule has 84 valence electrons. The van der Waals surface area contributed by atoms with Gasteiger partial charge < -0.3 is 11.5 Å². The summed E-state index contributed by atoms with van der Waals surface area (Å²) >= 11 is 0. The highest BCUT2D eigenvalue weighted by atomic mass is 16.1. The van der Waals surface area contributed by atoms with Gasteiger partial charge in [0.05, 0.1) is 5.69 Å². The van der Waals surface area contributed by atoms with Gasteiger partial charge in [-0.25, -0.2) is 0 Å². The van der Waals surface area contributed by atoms with Gasteiger partial charge >= 0.3 is 0 Å². The van der Waals surface area contributed by atoms with Crippen LogP contribution in [0.3, 0.4) is 0 Å². The van der Waals surface area contributed by atoms with Gasteiger partial charge in [-0.1, -0.05) is 26.2 Å². The Bertz CT molecular complexity index is 332. The third kappa shape index (κ3) is 3.27. The molecule has 1 amide bonds. The number of nitrogens with two attached hydrogens (primary N) is 2. The molecule has 0 unspecified atom stereocenters. The molecule has 5 nitrogen and oxygen atoms in total. The molecule has 0 atom stereocenters. The topological polar surface area (TPSA) is 86.9 Å². The lowest BCUT2D eigenvalue weighted by Crippen LogP contribution is -2.14. The Morgan fingerprint density at radius 1 is 1.47 bits per heavy atom. The van der Waals surface area contributed by atoms with Gasteiger partial charge in [0.25, 0.3) is 5.91 Å². The fraction of sp³-hybridized carbons (Fsp3) is 0.600. The zero-order chi connectivity index (χ0) is 11.3. The lowest BCUT2D eigenvalue weighted by atomic mass is 10.2. The first-order valence-electron chi connectivity index (χ1n) is 5.28. The normalized spacial score (nSPS) is 10.5. The van der Waals surface area contributed by atoms with Crippen LogP contribution in [0, 0.1) is 0 Å². The van der Waals surface area contributed by atoms with Gasteiger partial charge in [-0.2, -0.15) is 5.10 Å². The molecule has 1 heterocycles. The minimum Gasteiger partial charge on any atom is -0.396 e. The maximum absolute atomic E-state index is 10.9. The number of hydrogen-bond acceptors (Lipinski definition) is 3. The first-order valence-corrected chi connectivity index (χ1v) is 5.28. The lowest BCUT2D eigenvalue weighted by molar-refractivity contribution is 0.0995. The number of nitrogens with zero attached hydrogens (tertiary/aromatic N) is 2. The Morgan fingerprint density at radius 2 is 2.20 bits per heavy atom. The molecule has 0 saturated carbocycles. The number of anilines is 1. The summed E-state index contributed by atoms with van der Waals surface area (Å²) in [6.07, 6.45) is 6.30. The average Bonchev–Trinajstić information content (AvgIpc) is 2.55. The largest absolute Gasteiger partial charge is 0.396 e. The van der Waals surface area contributed by atoms with E-state index in [0.717, 1.165) is 13.0 Å². The van der Waals surface area contributed by atoms with Gasteiger partial charge in [-0.15, -0.1) is 0 Å². The Kier molecular flexibility index (Phi) is 4.15. The van der Waals surface area contributed by atoms with E-state index in [2.05, 4.69) is 12.0 Å². The molecular formula is C10H18N4O. The fourth-order valence-electron chi connectivity index (χ4n) is 1.44. The van der Waals surface area contributed by atoms with Crippen molar-refractivity contribution < 1.29 is 4.79 Å². The maximum Gasteiger partial charge on any atom is 0.271 e. The molecule has 1 aromatic rings. The molecule has 0 aromatic carbocycles. The van der Waals surface area contributed by atoms with Crippen LogP contribution in [0.5, 0.6) is 0 Å². The zero-order valence-corrected chi connectivity index (χ0v) is 9.07. The van der Waals surface area contributed by atoms with Crippen molar-refractivity contribution in [3.8, 4) is 0 Å². The smallest absolute Gasteiger partial charge is 0.271 e. The molecule has 0 spiro atoms. The first kappa shape index (κ1) is 11.6. The van der Waals surface area contributed by atoms with E-state index in [-0.39, 0.29) is 5.69 Å². The number of primary amides is 1. The van der Waals surface area contributed by atoms with Crippen molar-refractivity contribution in [3.63, 3.8) is 0 Å². The number of aromatic nitrogens is 2. The summed E-state index contributed by atoms with van der Waals surface area (Å²) in [6, 6.07) is 0. The Labute approximate surface area is 89.4 Å². The number of amides is 1. The molecule has 0 aliphatic heterocycles. The molecule has 0 bridgehead atoms. The second-order valence-corrected chi connectivity index (χ2v) is 3.62. The highest BCUT2D eigenvalue weighted by Crippen LogP contribution is 2.09. The molecule has 15 heavy (non-hydrogen) atoms. The van der Waals surface area contributed by atoms with Gasteiger partial charge in [-0.3, -0.25) is 9.48 Å². The fourth-order valence-corrected chi connectivity index (χ4v) is 1.44. The van der Waals surface area contributed by atoms with Gasteiger partial charge in [0.15, 0.2) is 5.69 Å². The van der Waals surface area contributed by atoms with Gasteiger partial charge in [0.2, 0.25) is 0 Å². The highest BCUT2D eigenvalue weighted by Gasteiger charge is 2.10. The summed E-state index contributed by atoms with van der Waals surface area (Å²) in [5.41, 5.74) is 11.2. The van der Waals surface area contributed by atoms with Crippen LogP contribution in [-0.2, 0) is 6.54 Å². The van der Waals surface area contributed by atoms with Gasteiger partial charge in [0, 0.05) is 12.7 Å². The molecule has 0 aliphatic carbocycles. The number of unbranched alkanes of at least 4 members (excludes halogenated alkanes) is 3. The van der Waals surface area contributed by atoms with Crippen LogP contribution < -0.4 is 11.5 Å². The van der Waals surface area contributed by atoms with Crippen LogP contribution in [0.15, 0.2) is 6.20 Å². The maximum atomic E-state index is 10.9. The van der Waals surface area contributed by atoms with Gasteiger partial charge in [0.1, 0.15) is 0 Å². The van der Waals surface area contributed by atoms with Crippen molar-refractivity contribution in [2.45, 2.75) is 39.2 Å². The van der Waals surface area contributed by atoms with E-state index in [1.807, 2.05) is 0 Å². The molecule has 0 saturated heterocycles. The third-order valence-electron chi connectivity index (χ3n) is 2.26. The summed E-state index contributed by atoms with van der Waals surface area (Å²) in [7, 11) is 0. The Hall–Kier alpha value is -1.52. The number of carbonyl (C=O) groups is 1. The summed E-state index contributed by atoms with van der Waals surface area (Å²) in [5, 5.41) is 4.02. The molecule has 0 fully saturated rings. The first-order chi connectivity index (χ1) is 7.15. The molecule has 1 aromatic heterocycles. The predicted octanol–water partition coefficient (Wildman–Crippen LogP) is 1.14. The summed E-state index contributed by atoms with van der Waals surface area (Å²) < 4.78 is 1.69. The SMILES string of the molecule is CCCCCCn1cc(N)c(C(N)=O)n1. The van der Waals surface area contributed by atoms with Crippen molar-refractivity contribution in [2.24, 2.45) is 5.73 Å². The molecule has 1 rings (SSSR count). The van der Waals surface area contributed by atoms with E-state index in [1.54, 1.807) is 10.9 Å². The molecule has 4 N–H and O–H groups in total. The van der Waals surface area contributed by atoms with E-state index >= 15 is 0 Å². The van der Waals surface area contributed by atoms with Crippen molar-refractivity contribution in [1.82, 2.24) is 9.78 Å². The second kappa shape index (κ2) is 5.38. The summed E-state index contributed by atoms with van der Waals surface area (Å²) in [4.78, 5) is 10.9. The standard InChI is InChI=1S/C10H18N4O/c1-2-3-4-5-6-14-7-8(11)9(13-14)10(12)15/h7H,2-6,11H2,1H3,(H2,12,15). The Morgan fingerprint density at radius 3 is 2.73 bits per heavy atom. The third-order valence-corrected chi connectivity index (χ3v) is 2.26. The number of nitrogen functional groups attached to an aromatic ring is 1.